The molecule has 3 aromatic carbocycles. The number of carbonyl (C=O) groups is 2. The van der Waals surface area contributed by atoms with Crippen molar-refractivity contribution < 1.29 is 32.9 Å². The van der Waals surface area contributed by atoms with Crippen LogP contribution in [0.25, 0.3) is 0 Å². The highest BCUT2D eigenvalue weighted by molar-refractivity contribution is 6.31. The van der Waals surface area contributed by atoms with Crippen LogP contribution < -0.4 is 19.5 Å². The van der Waals surface area contributed by atoms with Gasteiger partial charge in [0.1, 0.15) is 18.2 Å². The molecule has 0 spiro atoms. The second-order valence-electron chi connectivity index (χ2n) is 8.07. The summed E-state index contributed by atoms with van der Waals surface area (Å²) in [6, 6.07) is 17.7. The third kappa shape index (κ3) is 7.83. The number of hydrogen-bond acceptors (Lipinski definition) is 6. The zero-order valence-electron chi connectivity index (χ0n) is 20.0. The Morgan fingerprint density at radius 1 is 1.00 bits per heavy atom. The summed E-state index contributed by atoms with van der Waals surface area (Å²) < 4.78 is 36.3. The van der Waals surface area contributed by atoms with Crippen molar-refractivity contribution >= 4 is 29.1 Å². The number of fused-ring (bicyclic) bond motifs is 2. The molecule has 0 saturated heterocycles. The van der Waals surface area contributed by atoms with Crippen LogP contribution in [0.2, 0.25) is 5.02 Å². The van der Waals surface area contributed by atoms with Gasteiger partial charge in [0.2, 0.25) is 11.8 Å². The van der Waals surface area contributed by atoms with Gasteiger partial charge in [-0.2, -0.15) is 0 Å². The van der Waals surface area contributed by atoms with Crippen LogP contribution in [-0.2, 0) is 14.3 Å². The number of halogens is 2. The molecule has 0 fully saturated rings. The van der Waals surface area contributed by atoms with Gasteiger partial charge in [-0.25, -0.2) is 4.39 Å². The molecule has 0 atom stereocenters. The summed E-state index contributed by atoms with van der Waals surface area (Å²) in [5, 5.41) is 3.18. The summed E-state index contributed by atoms with van der Waals surface area (Å²) in [5.41, 5.74) is 0.347. The SMILES string of the molecule is O=C1CN(C(=O)CCOc2cccc(F)c2)CCOCCOc2ccccc2Oc2ccc(Cl)cc2N1. The van der Waals surface area contributed by atoms with Crippen molar-refractivity contribution in [3.63, 3.8) is 0 Å². The van der Waals surface area contributed by atoms with Crippen molar-refractivity contribution in [2.75, 3.05) is 44.8 Å². The smallest absolute Gasteiger partial charge is 0.244 e. The van der Waals surface area contributed by atoms with E-state index in [9.17, 15) is 14.0 Å². The minimum absolute atomic E-state index is 0.00621. The number of nitrogens with zero attached hydrogens (tertiary/aromatic N) is 1. The Morgan fingerprint density at radius 2 is 1.84 bits per heavy atom. The summed E-state index contributed by atoms with van der Waals surface area (Å²) >= 11 is 6.17. The Labute approximate surface area is 218 Å². The van der Waals surface area contributed by atoms with Crippen LogP contribution in [0.4, 0.5) is 10.1 Å². The Morgan fingerprint density at radius 3 is 2.68 bits per heavy atom. The summed E-state index contributed by atoms with van der Waals surface area (Å²) in [5.74, 6) is 0.478. The number of benzene rings is 3. The van der Waals surface area contributed by atoms with Gasteiger partial charge in [-0.05, 0) is 42.5 Å². The fraction of sp³-hybridized carbons (Fsp3) is 0.259. The monoisotopic (exact) mass is 528 g/mol. The molecule has 1 aliphatic rings. The molecule has 1 heterocycles. The van der Waals surface area contributed by atoms with Gasteiger partial charge in [0, 0.05) is 17.6 Å². The number of hydrogen-bond donors (Lipinski definition) is 1. The minimum atomic E-state index is -0.439. The van der Waals surface area contributed by atoms with Crippen LogP contribution in [0.5, 0.6) is 23.0 Å². The van der Waals surface area contributed by atoms with Crippen LogP contribution >= 0.6 is 11.6 Å². The lowest BCUT2D eigenvalue weighted by atomic mass is 10.2. The Balaban J connectivity index is 1.47. The van der Waals surface area contributed by atoms with E-state index < -0.39 is 11.7 Å². The zero-order chi connectivity index (χ0) is 26.0. The van der Waals surface area contributed by atoms with Crippen LogP contribution in [0.1, 0.15) is 6.42 Å². The second kappa shape index (κ2) is 12.9. The molecule has 0 saturated carbocycles. The first kappa shape index (κ1) is 26.2. The van der Waals surface area contributed by atoms with Crippen molar-refractivity contribution in [3.8, 4) is 23.0 Å². The molecule has 0 unspecified atom stereocenters. The normalized spacial score (nSPS) is 14.5. The molecule has 3 aromatic rings. The van der Waals surface area contributed by atoms with Crippen molar-refractivity contribution in [2.45, 2.75) is 6.42 Å². The molecule has 8 nitrogen and oxygen atoms in total. The molecule has 0 radical (unpaired) electrons. The predicted molar refractivity (Wildman–Crippen MR) is 136 cm³/mol. The lowest BCUT2D eigenvalue weighted by Crippen LogP contribution is -2.40. The van der Waals surface area contributed by atoms with Crippen LogP contribution in [-0.4, -0.2) is 56.2 Å². The number of para-hydroxylation sites is 2. The maximum atomic E-state index is 13.4. The Kier molecular flexibility index (Phi) is 9.18. The summed E-state index contributed by atoms with van der Waals surface area (Å²) in [6.45, 7) is 0.730. The van der Waals surface area contributed by atoms with Crippen LogP contribution in [0, 0.1) is 5.82 Å². The Hall–Kier alpha value is -3.82. The first-order valence-electron chi connectivity index (χ1n) is 11.7. The molecule has 0 aromatic heterocycles. The molecule has 37 heavy (non-hydrogen) atoms. The molecule has 10 heteroatoms. The van der Waals surface area contributed by atoms with Gasteiger partial charge in [-0.3, -0.25) is 9.59 Å². The molecule has 4 rings (SSSR count). The molecule has 1 N–H and O–H groups in total. The maximum Gasteiger partial charge on any atom is 0.244 e. The van der Waals surface area contributed by atoms with Gasteiger partial charge < -0.3 is 29.2 Å². The molecular weight excluding hydrogens is 503 g/mol. The van der Waals surface area contributed by atoms with Gasteiger partial charge in [0.15, 0.2) is 17.2 Å². The van der Waals surface area contributed by atoms with E-state index in [2.05, 4.69) is 5.32 Å². The van der Waals surface area contributed by atoms with E-state index >= 15 is 0 Å². The zero-order valence-corrected chi connectivity index (χ0v) is 20.7. The molecule has 0 aliphatic carbocycles. The van der Waals surface area contributed by atoms with E-state index in [1.807, 2.05) is 12.1 Å². The molecule has 194 valence electrons. The molecule has 2 amide bonds. The average Bonchev–Trinajstić information content (AvgIpc) is 2.87. The first-order valence-corrected chi connectivity index (χ1v) is 12.1. The highest BCUT2D eigenvalue weighted by atomic mass is 35.5. The first-order chi connectivity index (χ1) is 18.0. The number of amides is 2. The molecule has 0 bridgehead atoms. The second-order valence-corrected chi connectivity index (χ2v) is 8.51. The number of anilines is 1. The molecule has 1 aliphatic heterocycles. The van der Waals surface area contributed by atoms with Gasteiger partial charge in [-0.1, -0.05) is 29.8 Å². The number of ether oxygens (including phenoxy) is 4. The predicted octanol–water partition coefficient (Wildman–Crippen LogP) is 4.92. The van der Waals surface area contributed by atoms with E-state index in [1.165, 1.54) is 23.1 Å². The lowest BCUT2D eigenvalue weighted by Gasteiger charge is -2.22. The van der Waals surface area contributed by atoms with Crippen LogP contribution in [0.15, 0.2) is 66.7 Å². The fourth-order valence-corrected chi connectivity index (χ4v) is 3.75. The van der Waals surface area contributed by atoms with E-state index in [1.54, 1.807) is 36.4 Å². The van der Waals surface area contributed by atoms with Crippen molar-refractivity contribution in [2.24, 2.45) is 0 Å². The topological polar surface area (TPSA) is 86.3 Å². The number of carbonyl (C=O) groups excluding carboxylic acids is 2. The highest BCUT2D eigenvalue weighted by Gasteiger charge is 2.20. The summed E-state index contributed by atoms with van der Waals surface area (Å²) in [7, 11) is 0. The van der Waals surface area contributed by atoms with E-state index in [-0.39, 0.29) is 51.8 Å². The van der Waals surface area contributed by atoms with Gasteiger partial charge in [0.25, 0.3) is 0 Å². The Bertz CT molecular complexity index is 1240. The maximum absolute atomic E-state index is 13.4. The summed E-state index contributed by atoms with van der Waals surface area (Å²) in [4.78, 5) is 27.2. The van der Waals surface area contributed by atoms with Crippen molar-refractivity contribution in [1.82, 2.24) is 4.90 Å². The third-order valence-electron chi connectivity index (χ3n) is 5.34. The van der Waals surface area contributed by atoms with Crippen molar-refractivity contribution in [1.29, 1.82) is 0 Å². The van der Waals surface area contributed by atoms with E-state index in [0.29, 0.717) is 33.7 Å². The third-order valence-corrected chi connectivity index (χ3v) is 5.58. The fourth-order valence-electron chi connectivity index (χ4n) is 3.57. The molecular formula is C27H26ClFN2O6. The quantitative estimate of drug-likeness (QED) is 0.517. The number of nitrogens with one attached hydrogen (secondary N) is 1. The van der Waals surface area contributed by atoms with Crippen LogP contribution in [0.3, 0.4) is 0 Å². The van der Waals surface area contributed by atoms with E-state index in [4.69, 9.17) is 30.5 Å². The highest BCUT2D eigenvalue weighted by Crippen LogP contribution is 2.36. The number of rotatable bonds is 4. The minimum Gasteiger partial charge on any atom is -0.493 e. The van der Waals surface area contributed by atoms with Gasteiger partial charge in [0.05, 0.1) is 38.5 Å². The average molecular weight is 529 g/mol. The lowest BCUT2D eigenvalue weighted by molar-refractivity contribution is -0.135. The standard InChI is InChI=1S/C27H26ClFN2O6/c28-19-8-9-23-22(16-19)30-26(32)18-31(27(33)10-12-35-21-5-3-4-20(29)17-21)11-13-34-14-15-36-24-6-1-2-7-25(24)37-23/h1-9,16-17H,10-15,18H2,(H,30,32). The van der Waals surface area contributed by atoms with E-state index in [0.717, 1.165) is 0 Å². The summed E-state index contributed by atoms with van der Waals surface area (Å²) in [6.07, 6.45) is -0.00621. The van der Waals surface area contributed by atoms with Gasteiger partial charge in [-0.15, -0.1) is 0 Å². The van der Waals surface area contributed by atoms with Gasteiger partial charge >= 0.3 is 0 Å². The van der Waals surface area contributed by atoms with Crippen molar-refractivity contribution in [3.05, 3.63) is 77.6 Å². The largest absolute Gasteiger partial charge is 0.493 e.